The van der Waals surface area contributed by atoms with E-state index in [1.807, 2.05) is 54.7 Å². The van der Waals surface area contributed by atoms with Crippen LogP contribution in [0.15, 0.2) is 66.3 Å². The molecule has 3 heterocycles. The molecule has 0 fully saturated rings. The van der Waals surface area contributed by atoms with Gasteiger partial charge in [-0.1, -0.05) is 30.3 Å². The highest BCUT2D eigenvalue weighted by atomic mass is 32.1. The molecule has 3 aromatic heterocycles. The average molecular weight is 362 g/mol. The van der Waals surface area contributed by atoms with Crippen molar-refractivity contribution in [1.82, 2.24) is 9.97 Å². The summed E-state index contributed by atoms with van der Waals surface area (Å²) in [6.45, 7) is 0. The number of thiophene rings is 1. The van der Waals surface area contributed by atoms with Gasteiger partial charge in [0, 0.05) is 29.6 Å². The molecule has 1 aromatic carbocycles. The first kappa shape index (κ1) is 16.4. The molecular weight excluding hydrogens is 344 g/mol. The van der Waals surface area contributed by atoms with Crippen molar-refractivity contribution in [3.05, 3.63) is 71.9 Å². The Morgan fingerprint density at radius 1 is 1.23 bits per heavy atom. The van der Waals surface area contributed by atoms with E-state index in [1.54, 1.807) is 17.5 Å². The Hall–Kier alpha value is -3.12. The number of anilines is 1. The normalized spacial score (nSPS) is 12.2. The molecule has 0 aliphatic heterocycles. The predicted octanol–water partition coefficient (Wildman–Crippen LogP) is 3.80. The zero-order valence-corrected chi connectivity index (χ0v) is 14.8. The lowest BCUT2D eigenvalue weighted by Gasteiger charge is -2.15. The van der Waals surface area contributed by atoms with E-state index in [0.717, 1.165) is 32.7 Å². The van der Waals surface area contributed by atoms with Crippen LogP contribution in [0, 0.1) is 0 Å². The van der Waals surface area contributed by atoms with Gasteiger partial charge in [0.1, 0.15) is 11.7 Å². The average Bonchev–Trinajstić information content (AvgIpc) is 3.31. The third kappa shape index (κ3) is 3.32. The number of aromatic amines is 1. The van der Waals surface area contributed by atoms with Gasteiger partial charge in [-0.05, 0) is 34.9 Å². The molecule has 0 aliphatic rings. The molecular formula is C20H18N4OS. The fourth-order valence-electron chi connectivity index (χ4n) is 3.01. The summed E-state index contributed by atoms with van der Waals surface area (Å²) >= 11 is 1.56. The van der Waals surface area contributed by atoms with E-state index in [-0.39, 0.29) is 5.91 Å². The van der Waals surface area contributed by atoms with Crippen molar-refractivity contribution in [2.75, 3.05) is 5.32 Å². The molecule has 4 rings (SSSR count). The van der Waals surface area contributed by atoms with Crippen molar-refractivity contribution >= 4 is 33.3 Å². The standard InChI is InChI=1S/C20H18N4OS/c21-19(25)17(10-13-4-2-1-3-5-13)24-18-11-14(12-26-18)15-6-8-22-20-16(15)7-9-23-20/h1-9,11-12,17,24H,10H2,(H2,21,25)(H,22,23)/t17-/m0/s1. The van der Waals surface area contributed by atoms with E-state index in [2.05, 4.69) is 20.7 Å². The predicted molar refractivity (Wildman–Crippen MR) is 106 cm³/mol. The van der Waals surface area contributed by atoms with Crippen LogP contribution >= 0.6 is 11.3 Å². The van der Waals surface area contributed by atoms with Crippen LogP contribution in [-0.4, -0.2) is 21.9 Å². The lowest BCUT2D eigenvalue weighted by Crippen LogP contribution is -2.37. The summed E-state index contributed by atoms with van der Waals surface area (Å²) in [5.41, 5.74) is 9.74. The number of fused-ring (bicyclic) bond motifs is 1. The van der Waals surface area contributed by atoms with Crippen LogP contribution in [0.3, 0.4) is 0 Å². The number of nitrogens with two attached hydrogens (primary N) is 1. The highest BCUT2D eigenvalue weighted by Crippen LogP contribution is 2.33. The van der Waals surface area contributed by atoms with E-state index in [4.69, 9.17) is 5.73 Å². The zero-order valence-electron chi connectivity index (χ0n) is 14.0. The quantitative estimate of drug-likeness (QED) is 0.488. The summed E-state index contributed by atoms with van der Waals surface area (Å²) in [6.07, 6.45) is 4.23. The molecule has 0 spiro atoms. The first-order valence-corrected chi connectivity index (χ1v) is 9.19. The Kier molecular flexibility index (Phi) is 4.41. The fourth-order valence-corrected chi connectivity index (χ4v) is 3.86. The number of H-pyrrole nitrogens is 1. The van der Waals surface area contributed by atoms with Gasteiger partial charge >= 0.3 is 0 Å². The summed E-state index contributed by atoms with van der Waals surface area (Å²) in [5, 5.41) is 7.35. The smallest absolute Gasteiger partial charge is 0.240 e. The zero-order chi connectivity index (χ0) is 17.9. The van der Waals surface area contributed by atoms with Crippen LogP contribution in [-0.2, 0) is 11.2 Å². The minimum atomic E-state index is -0.450. The van der Waals surface area contributed by atoms with E-state index in [9.17, 15) is 4.79 Å². The third-order valence-corrected chi connectivity index (χ3v) is 5.17. The summed E-state index contributed by atoms with van der Waals surface area (Å²) in [6, 6.07) is 15.5. The number of pyridine rings is 1. The Morgan fingerprint density at radius 3 is 2.88 bits per heavy atom. The second-order valence-corrected chi connectivity index (χ2v) is 7.00. The second kappa shape index (κ2) is 7.01. The van der Waals surface area contributed by atoms with Crippen molar-refractivity contribution in [2.24, 2.45) is 5.73 Å². The molecule has 0 saturated heterocycles. The minimum absolute atomic E-state index is 0.360. The molecule has 26 heavy (non-hydrogen) atoms. The topological polar surface area (TPSA) is 83.8 Å². The van der Waals surface area contributed by atoms with Crippen LogP contribution in [0.5, 0.6) is 0 Å². The van der Waals surface area contributed by atoms with Gasteiger partial charge in [-0.25, -0.2) is 4.98 Å². The highest BCUT2D eigenvalue weighted by Gasteiger charge is 2.17. The van der Waals surface area contributed by atoms with Crippen LogP contribution in [0.2, 0.25) is 0 Å². The Bertz CT molecular complexity index is 1040. The van der Waals surface area contributed by atoms with Crippen LogP contribution in [0.25, 0.3) is 22.2 Å². The van der Waals surface area contributed by atoms with E-state index in [0.29, 0.717) is 6.42 Å². The molecule has 5 nitrogen and oxygen atoms in total. The molecule has 0 aliphatic carbocycles. The number of nitrogens with one attached hydrogen (secondary N) is 2. The van der Waals surface area contributed by atoms with E-state index >= 15 is 0 Å². The molecule has 130 valence electrons. The number of nitrogens with zero attached hydrogens (tertiary/aromatic N) is 1. The molecule has 6 heteroatoms. The van der Waals surface area contributed by atoms with Crippen molar-refractivity contribution < 1.29 is 4.79 Å². The largest absolute Gasteiger partial charge is 0.368 e. The lowest BCUT2D eigenvalue weighted by atomic mass is 10.1. The number of carbonyl (C=O) groups is 1. The van der Waals surface area contributed by atoms with Crippen molar-refractivity contribution in [2.45, 2.75) is 12.5 Å². The summed E-state index contributed by atoms with van der Waals surface area (Å²) in [5.74, 6) is -0.360. The number of carbonyl (C=O) groups excluding carboxylic acids is 1. The summed E-state index contributed by atoms with van der Waals surface area (Å²) in [4.78, 5) is 19.3. The first-order chi connectivity index (χ1) is 12.7. The Labute approximate surface area is 154 Å². The molecule has 0 bridgehead atoms. The van der Waals surface area contributed by atoms with Gasteiger partial charge in [-0.3, -0.25) is 4.79 Å². The van der Waals surface area contributed by atoms with Gasteiger partial charge in [-0.15, -0.1) is 11.3 Å². The molecule has 4 aromatic rings. The van der Waals surface area contributed by atoms with Gasteiger partial charge in [0.2, 0.25) is 5.91 Å². The van der Waals surface area contributed by atoms with Crippen LogP contribution < -0.4 is 11.1 Å². The molecule has 0 radical (unpaired) electrons. The highest BCUT2D eigenvalue weighted by molar-refractivity contribution is 7.14. The monoisotopic (exact) mass is 362 g/mol. The number of rotatable bonds is 6. The second-order valence-electron chi connectivity index (χ2n) is 6.09. The Morgan fingerprint density at radius 2 is 2.08 bits per heavy atom. The lowest BCUT2D eigenvalue weighted by molar-refractivity contribution is -0.118. The van der Waals surface area contributed by atoms with Gasteiger partial charge in [0.25, 0.3) is 0 Å². The number of amides is 1. The maximum atomic E-state index is 11.9. The molecule has 1 atom stereocenters. The van der Waals surface area contributed by atoms with Gasteiger partial charge in [0.05, 0.1) is 5.00 Å². The Balaban J connectivity index is 1.57. The number of hydrogen-bond acceptors (Lipinski definition) is 4. The van der Waals surface area contributed by atoms with Crippen molar-refractivity contribution in [3.63, 3.8) is 0 Å². The maximum absolute atomic E-state index is 11.9. The number of primary amides is 1. The van der Waals surface area contributed by atoms with Crippen molar-refractivity contribution in [3.8, 4) is 11.1 Å². The third-order valence-electron chi connectivity index (χ3n) is 4.31. The molecule has 0 unspecified atom stereocenters. The van der Waals surface area contributed by atoms with Crippen LogP contribution in [0.1, 0.15) is 5.56 Å². The van der Waals surface area contributed by atoms with Gasteiger partial charge in [-0.2, -0.15) is 0 Å². The molecule has 0 saturated carbocycles. The maximum Gasteiger partial charge on any atom is 0.240 e. The number of hydrogen-bond donors (Lipinski definition) is 3. The van der Waals surface area contributed by atoms with E-state index < -0.39 is 6.04 Å². The summed E-state index contributed by atoms with van der Waals surface area (Å²) < 4.78 is 0. The first-order valence-electron chi connectivity index (χ1n) is 8.31. The van der Waals surface area contributed by atoms with E-state index in [1.165, 1.54) is 0 Å². The molecule has 4 N–H and O–H groups in total. The fraction of sp³-hybridized carbons (Fsp3) is 0.100. The van der Waals surface area contributed by atoms with Gasteiger partial charge in [0.15, 0.2) is 0 Å². The SMILES string of the molecule is NC(=O)[C@H](Cc1ccccc1)Nc1cc(-c2ccnc3[nH]ccc23)cs1. The van der Waals surface area contributed by atoms with Crippen LogP contribution in [0.4, 0.5) is 5.00 Å². The van der Waals surface area contributed by atoms with Gasteiger partial charge < -0.3 is 16.0 Å². The summed E-state index contributed by atoms with van der Waals surface area (Å²) in [7, 11) is 0. The molecule has 1 amide bonds. The number of benzene rings is 1. The van der Waals surface area contributed by atoms with Crippen molar-refractivity contribution in [1.29, 1.82) is 0 Å². The minimum Gasteiger partial charge on any atom is -0.368 e. The number of aromatic nitrogens is 2.